The van der Waals surface area contributed by atoms with Gasteiger partial charge in [0.25, 0.3) is 5.91 Å². The van der Waals surface area contributed by atoms with E-state index in [0.29, 0.717) is 11.6 Å². The maximum Gasteiger partial charge on any atom is 0.329 e. The maximum absolute atomic E-state index is 13.0. The second-order valence-electron chi connectivity index (χ2n) is 7.00. The molecule has 4 heterocycles. The predicted molar refractivity (Wildman–Crippen MR) is 105 cm³/mol. The monoisotopic (exact) mass is 382 g/mol. The molecule has 1 saturated heterocycles. The standard InChI is InChI=1S/C19H22N6O3/c1-12(11-26)21-18(27)14-5-6-15-17(22-14)25(13-7-9-24(15)10-13)19(28)23-16-4-2-3-8-20-16/h2-6,8,12-13,26H,7,9-11H2,1H3,(H,21,27)(H,20,23,28)/t12-,13-/m0/s1. The van der Waals surface area contributed by atoms with Gasteiger partial charge in [-0.25, -0.2) is 14.8 Å². The van der Waals surface area contributed by atoms with Gasteiger partial charge in [-0.1, -0.05) is 6.07 Å². The second-order valence-corrected chi connectivity index (χ2v) is 7.00. The highest BCUT2D eigenvalue weighted by atomic mass is 16.3. The average molecular weight is 382 g/mol. The highest BCUT2D eigenvalue weighted by molar-refractivity contribution is 6.05. The zero-order valence-corrected chi connectivity index (χ0v) is 15.5. The minimum atomic E-state index is -0.387. The Bertz CT molecular complexity index is 890. The summed E-state index contributed by atoms with van der Waals surface area (Å²) >= 11 is 0. The lowest BCUT2D eigenvalue weighted by atomic mass is 10.1. The van der Waals surface area contributed by atoms with Crippen molar-refractivity contribution in [3.05, 3.63) is 42.2 Å². The third kappa shape index (κ3) is 3.36. The van der Waals surface area contributed by atoms with Crippen molar-refractivity contribution in [1.82, 2.24) is 15.3 Å². The van der Waals surface area contributed by atoms with Gasteiger partial charge in [-0.3, -0.25) is 15.0 Å². The van der Waals surface area contributed by atoms with E-state index in [2.05, 4.69) is 25.5 Å². The number of aromatic nitrogens is 2. The van der Waals surface area contributed by atoms with Crippen molar-refractivity contribution in [3.8, 4) is 0 Å². The number of aliphatic hydroxyl groups is 1. The lowest BCUT2D eigenvalue weighted by Crippen LogP contribution is -2.48. The van der Waals surface area contributed by atoms with E-state index in [9.17, 15) is 9.59 Å². The Hall–Kier alpha value is -3.20. The number of nitrogens with zero attached hydrogens (tertiary/aromatic N) is 4. The molecule has 0 aliphatic carbocycles. The molecular weight excluding hydrogens is 360 g/mol. The van der Waals surface area contributed by atoms with E-state index in [1.54, 1.807) is 42.3 Å². The van der Waals surface area contributed by atoms with Gasteiger partial charge in [0.15, 0.2) is 5.82 Å². The molecule has 9 heteroatoms. The Morgan fingerprint density at radius 2 is 2.18 bits per heavy atom. The molecule has 146 valence electrons. The van der Waals surface area contributed by atoms with E-state index in [4.69, 9.17) is 5.11 Å². The van der Waals surface area contributed by atoms with Gasteiger partial charge in [0.2, 0.25) is 0 Å². The zero-order chi connectivity index (χ0) is 19.7. The summed E-state index contributed by atoms with van der Waals surface area (Å²) in [6, 6.07) is 8.05. The third-order valence-corrected chi connectivity index (χ3v) is 4.95. The van der Waals surface area contributed by atoms with E-state index < -0.39 is 0 Å². The summed E-state index contributed by atoms with van der Waals surface area (Å²) < 4.78 is 0. The molecule has 9 nitrogen and oxygen atoms in total. The summed E-state index contributed by atoms with van der Waals surface area (Å²) in [4.78, 5) is 37.9. The van der Waals surface area contributed by atoms with Crippen LogP contribution >= 0.6 is 0 Å². The van der Waals surface area contributed by atoms with Gasteiger partial charge in [0.1, 0.15) is 11.5 Å². The molecule has 2 atom stereocenters. The van der Waals surface area contributed by atoms with E-state index in [1.165, 1.54) is 0 Å². The molecule has 2 aromatic rings. The molecular formula is C19H22N6O3. The molecule has 0 spiro atoms. The lowest BCUT2D eigenvalue weighted by Gasteiger charge is -2.35. The van der Waals surface area contributed by atoms with Crippen LogP contribution in [0.15, 0.2) is 36.5 Å². The first-order chi connectivity index (χ1) is 13.6. The summed E-state index contributed by atoms with van der Waals surface area (Å²) in [5.41, 5.74) is 1.04. The third-order valence-electron chi connectivity index (χ3n) is 4.95. The van der Waals surface area contributed by atoms with Gasteiger partial charge in [0, 0.05) is 25.3 Å². The maximum atomic E-state index is 13.0. The van der Waals surface area contributed by atoms with Gasteiger partial charge in [-0.15, -0.1) is 0 Å². The van der Waals surface area contributed by atoms with Crippen LogP contribution in [0.5, 0.6) is 0 Å². The van der Waals surface area contributed by atoms with Crippen molar-refractivity contribution in [2.45, 2.75) is 25.4 Å². The average Bonchev–Trinajstić information content (AvgIpc) is 3.12. The fraction of sp³-hybridized carbons (Fsp3) is 0.368. The minimum Gasteiger partial charge on any atom is -0.394 e. The number of hydrogen-bond acceptors (Lipinski definition) is 6. The molecule has 3 N–H and O–H groups in total. The Morgan fingerprint density at radius 3 is 2.93 bits per heavy atom. The summed E-state index contributed by atoms with van der Waals surface area (Å²) in [5, 5.41) is 14.6. The van der Waals surface area contributed by atoms with Crippen molar-refractivity contribution in [2.75, 3.05) is 34.8 Å². The molecule has 2 aliphatic heterocycles. The van der Waals surface area contributed by atoms with Crippen LogP contribution in [0, 0.1) is 0 Å². The quantitative estimate of drug-likeness (QED) is 0.733. The number of aliphatic hydroxyl groups excluding tert-OH is 1. The molecule has 4 rings (SSSR count). The van der Waals surface area contributed by atoms with Crippen molar-refractivity contribution < 1.29 is 14.7 Å². The van der Waals surface area contributed by atoms with Gasteiger partial charge in [-0.05, 0) is 37.6 Å². The van der Waals surface area contributed by atoms with E-state index in [1.807, 2.05) is 6.07 Å². The van der Waals surface area contributed by atoms with E-state index in [-0.39, 0.29) is 36.3 Å². The highest BCUT2D eigenvalue weighted by Crippen LogP contribution is 2.39. The summed E-state index contributed by atoms with van der Waals surface area (Å²) in [6.45, 7) is 3.11. The Morgan fingerprint density at radius 1 is 1.32 bits per heavy atom. The molecule has 28 heavy (non-hydrogen) atoms. The number of anilines is 3. The number of hydrogen-bond donors (Lipinski definition) is 3. The van der Waals surface area contributed by atoms with Crippen molar-refractivity contribution in [2.24, 2.45) is 0 Å². The predicted octanol–water partition coefficient (Wildman–Crippen LogP) is 1.22. The van der Waals surface area contributed by atoms with Crippen LogP contribution in [-0.2, 0) is 0 Å². The van der Waals surface area contributed by atoms with Crippen LogP contribution in [0.1, 0.15) is 23.8 Å². The van der Waals surface area contributed by atoms with Crippen LogP contribution < -0.4 is 20.4 Å². The molecule has 0 aromatic carbocycles. The fourth-order valence-corrected chi connectivity index (χ4v) is 3.55. The van der Waals surface area contributed by atoms with Crippen LogP contribution in [0.2, 0.25) is 0 Å². The normalized spacial score (nSPS) is 18.4. The lowest BCUT2D eigenvalue weighted by molar-refractivity contribution is 0.0917. The van der Waals surface area contributed by atoms with Crippen LogP contribution in [0.3, 0.4) is 0 Å². The molecule has 3 amide bonds. The fourth-order valence-electron chi connectivity index (χ4n) is 3.55. The number of carbonyl (C=O) groups excluding carboxylic acids is 2. The molecule has 0 radical (unpaired) electrons. The van der Waals surface area contributed by atoms with Crippen molar-refractivity contribution in [1.29, 1.82) is 0 Å². The molecule has 0 saturated carbocycles. The molecule has 2 bridgehead atoms. The first-order valence-corrected chi connectivity index (χ1v) is 9.26. The second kappa shape index (κ2) is 7.43. The highest BCUT2D eigenvalue weighted by Gasteiger charge is 2.40. The topological polar surface area (TPSA) is 111 Å². The molecule has 1 fully saturated rings. The number of amides is 3. The number of urea groups is 1. The Kier molecular flexibility index (Phi) is 4.82. The van der Waals surface area contributed by atoms with Crippen LogP contribution in [-0.4, -0.2) is 58.8 Å². The number of rotatable bonds is 4. The van der Waals surface area contributed by atoms with Gasteiger partial charge < -0.3 is 15.3 Å². The molecule has 0 unspecified atom stereocenters. The number of carbonyl (C=O) groups is 2. The number of fused-ring (bicyclic) bond motifs is 4. The zero-order valence-electron chi connectivity index (χ0n) is 15.5. The Labute approximate surface area is 162 Å². The van der Waals surface area contributed by atoms with Crippen LogP contribution in [0.4, 0.5) is 22.1 Å². The first kappa shape index (κ1) is 18.2. The summed E-state index contributed by atoms with van der Waals surface area (Å²) in [6.07, 6.45) is 2.44. The Balaban J connectivity index is 1.65. The van der Waals surface area contributed by atoms with Gasteiger partial charge in [0.05, 0.1) is 18.3 Å². The van der Waals surface area contributed by atoms with Gasteiger partial charge in [-0.2, -0.15) is 0 Å². The molecule has 2 aromatic heterocycles. The first-order valence-electron chi connectivity index (χ1n) is 9.26. The van der Waals surface area contributed by atoms with Crippen molar-refractivity contribution in [3.63, 3.8) is 0 Å². The number of nitrogens with one attached hydrogen (secondary N) is 2. The SMILES string of the molecule is C[C@@H](CO)NC(=O)c1ccc2c(n1)N(C(=O)Nc1ccccn1)[C@H]1CCN2C1. The largest absolute Gasteiger partial charge is 0.394 e. The van der Waals surface area contributed by atoms with Gasteiger partial charge >= 0.3 is 6.03 Å². The number of pyridine rings is 2. The van der Waals surface area contributed by atoms with E-state index >= 15 is 0 Å². The van der Waals surface area contributed by atoms with Crippen molar-refractivity contribution >= 4 is 29.3 Å². The summed E-state index contributed by atoms with van der Waals surface area (Å²) in [7, 11) is 0. The minimum absolute atomic E-state index is 0.0154. The van der Waals surface area contributed by atoms with E-state index in [0.717, 1.165) is 25.2 Å². The summed E-state index contributed by atoms with van der Waals surface area (Å²) in [5.74, 6) is 0.536. The smallest absolute Gasteiger partial charge is 0.329 e. The molecule has 2 aliphatic rings. The van der Waals surface area contributed by atoms with Crippen LogP contribution in [0.25, 0.3) is 0 Å².